The van der Waals surface area contributed by atoms with Gasteiger partial charge in [-0.1, -0.05) is 19.8 Å². The third-order valence-electron chi connectivity index (χ3n) is 5.29. The van der Waals surface area contributed by atoms with Crippen molar-refractivity contribution < 1.29 is 0 Å². The lowest BCUT2D eigenvalue weighted by atomic mass is 10.0. The zero-order valence-corrected chi connectivity index (χ0v) is 14.2. The minimum atomic E-state index is 0.198. The highest BCUT2D eigenvalue weighted by atomic mass is 15.4. The quantitative estimate of drug-likeness (QED) is 0.731. The molecule has 1 fully saturated rings. The Balaban J connectivity index is 1.70. The fraction of sp³-hybridized carbons (Fsp3) is 0.471. The molecule has 0 bridgehead atoms. The summed E-state index contributed by atoms with van der Waals surface area (Å²) in [7, 11) is 0. The molecule has 0 radical (unpaired) electrons. The van der Waals surface area contributed by atoms with Gasteiger partial charge in [-0.2, -0.15) is 4.98 Å². The molecule has 0 spiro atoms. The van der Waals surface area contributed by atoms with Crippen molar-refractivity contribution >= 4 is 5.82 Å². The Morgan fingerprint density at radius 3 is 2.84 bits per heavy atom. The van der Waals surface area contributed by atoms with Crippen LogP contribution in [0.1, 0.15) is 50.9 Å². The van der Waals surface area contributed by atoms with Gasteiger partial charge in [0, 0.05) is 18.4 Å². The van der Waals surface area contributed by atoms with Crippen LogP contribution < -0.4 is 4.90 Å². The molecule has 1 unspecified atom stereocenters. The zero-order valence-electron chi connectivity index (χ0n) is 14.2. The van der Waals surface area contributed by atoms with E-state index in [1.807, 2.05) is 21.5 Å². The minimum absolute atomic E-state index is 0.198. The van der Waals surface area contributed by atoms with Crippen LogP contribution in [-0.4, -0.2) is 40.3 Å². The van der Waals surface area contributed by atoms with Crippen LogP contribution in [0.3, 0.4) is 0 Å². The average Bonchev–Trinajstić information content (AvgIpc) is 3.42. The minimum Gasteiger partial charge on any atom is -0.341 e. The Morgan fingerprint density at radius 1 is 1.20 bits per heavy atom. The number of fused-ring (bicyclic) bond motifs is 3. The largest absolute Gasteiger partial charge is 0.341 e. The molecule has 1 aliphatic heterocycles. The van der Waals surface area contributed by atoms with Gasteiger partial charge >= 0.3 is 0 Å². The molecule has 8 nitrogen and oxygen atoms in total. The average molecular weight is 336 g/mol. The van der Waals surface area contributed by atoms with Crippen molar-refractivity contribution in [3.63, 3.8) is 0 Å². The van der Waals surface area contributed by atoms with E-state index in [-0.39, 0.29) is 6.04 Å². The maximum atomic E-state index is 4.92. The summed E-state index contributed by atoms with van der Waals surface area (Å²) in [6, 6.07) is 0.698. The monoisotopic (exact) mass is 336 g/mol. The van der Waals surface area contributed by atoms with Gasteiger partial charge in [0.05, 0.1) is 12.2 Å². The van der Waals surface area contributed by atoms with Crippen LogP contribution in [0.4, 0.5) is 5.82 Å². The summed E-state index contributed by atoms with van der Waals surface area (Å²) >= 11 is 0. The molecular formula is C17H20N8. The van der Waals surface area contributed by atoms with Crippen LogP contribution in [0.15, 0.2) is 31.2 Å². The maximum Gasteiger partial charge on any atom is 0.236 e. The van der Waals surface area contributed by atoms with Gasteiger partial charge < -0.3 is 4.90 Å². The summed E-state index contributed by atoms with van der Waals surface area (Å²) in [6.07, 6.45) is 14.9. The lowest BCUT2D eigenvalue weighted by Gasteiger charge is -2.40. The lowest BCUT2D eigenvalue weighted by Crippen LogP contribution is -2.42. The highest BCUT2D eigenvalue weighted by molar-refractivity contribution is 5.62. The number of nitrogens with zero attached hydrogens (tertiary/aromatic N) is 8. The van der Waals surface area contributed by atoms with E-state index in [1.54, 1.807) is 18.9 Å². The molecule has 128 valence electrons. The summed E-state index contributed by atoms with van der Waals surface area (Å²) < 4.78 is 3.88. The van der Waals surface area contributed by atoms with Crippen LogP contribution in [0.25, 0.3) is 11.6 Å². The van der Waals surface area contributed by atoms with E-state index in [0.29, 0.717) is 12.0 Å². The number of aromatic nitrogens is 7. The molecule has 0 saturated heterocycles. The molecule has 0 aromatic carbocycles. The lowest BCUT2D eigenvalue weighted by molar-refractivity contribution is 0.468. The first kappa shape index (κ1) is 14.6. The van der Waals surface area contributed by atoms with Gasteiger partial charge in [0.15, 0.2) is 11.6 Å². The van der Waals surface area contributed by atoms with E-state index < -0.39 is 0 Å². The Bertz CT molecular complexity index is 878. The summed E-state index contributed by atoms with van der Waals surface area (Å²) in [5.74, 6) is 2.61. The second-order valence-corrected chi connectivity index (χ2v) is 6.68. The van der Waals surface area contributed by atoms with Gasteiger partial charge in [-0.3, -0.25) is 9.13 Å². The van der Waals surface area contributed by atoms with E-state index in [1.165, 1.54) is 25.7 Å². The highest BCUT2D eigenvalue weighted by Gasteiger charge is 2.38. The van der Waals surface area contributed by atoms with Crippen molar-refractivity contribution in [3.05, 3.63) is 37.1 Å². The summed E-state index contributed by atoms with van der Waals surface area (Å²) in [4.78, 5) is 16.0. The molecule has 0 amide bonds. The fourth-order valence-corrected chi connectivity index (χ4v) is 4.14. The van der Waals surface area contributed by atoms with Gasteiger partial charge in [0.25, 0.3) is 0 Å². The van der Waals surface area contributed by atoms with Crippen LogP contribution in [0, 0.1) is 0 Å². The molecule has 1 aliphatic carbocycles. The Kier molecular flexibility index (Phi) is 3.29. The fourth-order valence-electron chi connectivity index (χ4n) is 4.14. The first-order chi connectivity index (χ1) is 12.4. The van der Waals surface area contributed by atoms with Crippen LogP contribution >= 0.6 is 0 Å². The molecule has 2 aliphatic rings. The zero-order chi connectivity index (χ0) is 16.8. The van der Waals surface area contributed by atoms with Gasteiger partial charge in [-0.25, -0.2) is 9.97 Å². The highest BCUT2D eigenvalue weighted by Crippen LogP contribution is 2.42. The third-order valence-corrected chi connectivity index (χ3v) is 5.29. The second-order valence-electron chi connectivity index (χ2n) is 6.68. The van der Waals surface area contributed by atoms with Crippen molar-refractivity contribution in [3.8, 4) is 11.6 Å². The smallest absolute Gasteiger partial charge is 0.236 e. The predicted molar refractivity (Wildman–Crippen MR) is 91.8 cm³/mol. The Hall–Kier alpha value is -2.77. The van der Waals surface area contributed by atoms with Crippen molar-refractivity contribution in [1.29, 1.82) is 0 Å². The summed E-state index contributed by atoms with van der Waals surface area (Å²) in [5, 5.41) is 8.55. The molecular weight excluding hydrogens is 316 g/mol. The maximum absolute atomic E-state index is 4.92. The SMILES string of the molecule is CCC1c2nncn2-c2cnc(-n3ccnc3)nc2N1C1CCCC1. The van der Waals surface area contributed by atoms with Gasteiger partial charge in [-0.05, 0) is 19.3 Å². The van der Waals surface area contributed by atoms with Crippen molar-refractivity contribution in [2.45, 2.75) is 51.1 Å². The van der Waals surface area contributed by atoms with Crippen LogP contribution in [-0.2, 0) is 0 Å². The molecule has 3 aromatic heterocycles. The second kappa shape index (κ2) is 5.65. The first-order valence-electron chi connectivity index (χ1n) is 8.91. The normalized spacial score (nSPS) is 19.9. The van der Waals surface area contributed by atoms with E-state index in [9.17, 15) is 0 Å². The Morgan fingerprint density at radius 2 is 2.08 bits per heavy atom. The molecule has 0 N–H and O–H groups in total. The Labute approximate surface area is 145 Å². The number of hydrogen-bond acceptors (Lipinski definition) is 6. The van der Waals surface area contributed by atoms with Gasteiger partial charge in [0.2, 0.25) is 5.95 Å². The third kappa shape index (κ3) is 2.16. The number of imidazole rings is 1. The molecule has 5 rings (SSSR count). The summed E-state index contributed by atoms with van der Waals surface area (Å²) in [5.41, 5.74) is 0.959. The number of anilines is 1. The van der Waals surface area contributed by atoms with Gasteiger partial charge in [-0.15, -0.1) is 10.2 Å². The molecule has 8 heteroatoms. The standard InChI is InChI=1S/C17H20N8/c1-2-13-16-22-20-11-24(16)14-9-19-17(23-8-7-18-10-23)21-15(14)25(13)12-5-3-4-6-12/h7-13H,2-6H2,1H3. The molecule has 1 atom stereocenters. The summed E-state index contributed by atoms with van der Waals surface area (Å²) in [6.45, 7) is 2.20. The van der Waals surface area contributed by atoms with Crippen molar-refractivity contribution in [2.75, 3.05) is 4.90 Å². The number of rotatable bonds is 3. The molecule has 1 saturated carbocycles. The van der Waals surface area contributed by atoms with Crippen molar-refractivity contribution in [2.24, 2.45) is 0 Å². The van der Waals surface area contributed by atoms with E-state index >= 15 is 0 Å². The van der Waals surface area contributed by atoms with E-state index in [4.69, 9.17) is 4.98 Å². The first-order valence-corrected chi connectivity index (χ1v) is 8.91. The molecule has 4 heterocycles. The number of hydrogen-bond donors (Lipinski definition) is 0. The topological polar surface area (TPSA) is 77.5 Å². The van der Waals surface area contributed by atoms with E-state index in [0.717, 1.165) is 23.8 Å². The van der Waals surface area contributed by atoms with Gasteiger partial charge in [0.1, 0.15) is 18.3 Å². The van der Waals surface area contributed by atoms with E-state index in [2.05, 4.69) is 32.0 Å². The molecule has 25 heavy (non-hydrogen) atoms. The van der Waals surface area contributed by atoms with Crippen LogP contribution in [0.5, 0.6) is 0 Å². The predicted octanol–water partition coefficient (Wildman–Crippen LogP) is 2.46. The van der Waals surface area contributed by atoms with Crippen molar-refractivity contribution in [1.82, 2.24) is 34.3 Å². The molecule has 3 aromatic rings. The van der Waals surface area contributed by atoms with Crippen LogP contribution in [0.2, 0.25) is 0 Å².